The zero-order valence-electron chi connectivity index (χ0n) is 5.47. The van der Waals surface area contributed by atoms with Gasteiger partial charge in [-0.15, -0.1) is 0 Å². The van der Waals surface area contributed by atoms with Gasteiger partial charge in [0, 0.05) is 27.3 Å². The molecule has 0 amide bonds. The second-order valence-electron chi connectivity index (χ2n) is 2.82. The average molecular weight is 134 g/mol. The summed E-state index contributed by atoms with van der Waals surface area (Å²) in [5.74, 6) is -0.925. The summed E-state index contributed by atoms with van der Waals surface area (Å²) in [6, 6.07) is 0. The summed E-state index contributed by atoms with van der Waals surface area (Å²) in [5.41, 5.74) is 0. The van der Waals surface area contributed by atoms with Gasteiger partial charge in [-0.3, -0.25) is 0 Å². The third kappa shape index (κ3) is 5.90. The van der Waals surface area contributed by atoms with Crippen molar-refractivity contribution in [3.8, 4) is 0 Å². The topological polar surface area (TPSA) is 40.1 Å². The number of carbonyl (C=O) groups excluding carboxylic acids is 1. The minimum absolute atomic E-state index is 0.243. The Morgan fingerprint density at radius 1 is 1.50 bits per heavy atom. The number of carbonyl (C=O) groups is 1. The van der Waals surface area contributed by atoms with Gasteiger partial charge in [0.1, 0.15) is 0 Å². The number of rotatable bonds is 2. The molecule has 3 heteroatoms. The highest BCUT2D eigenvalue weighted by Gasteiger charge is 2.16. The van der Waals surface area contributed by atoms with E-state index in [0.29, 0.717) is 0 Å². The third-order valence-corrected chi connectivity index (χ3v) is 1.81. The second-order valence-corrected chi connectivity index (χ2v) is 7.72. The first-order valence-electron chi connectivity index (χ1n) is 2.42. The zero-order chi connectivity index (χ0) is 6.78. The Balaban J connectivity index is 3.55. The van der Waals surface area contributed by atoms with Gasteiger partial charge >= 0.3 is 0 Å². The maximum absolute atomic E-state index is 9.93. The minimum atomic E-state index is -1.13. The summed E-state index contributed by atoms with van der Waals surface area (Å²) >= 11 is 0. The molecule has 0 heterocycles. The Kier molecular flexibility index (Phi) is 2.42. The van der Waals surface area contributed by atoms with Crippen molar-refractivity contribution in [3.05, 3.63) is 0 Å². The molecule has 0 atom stereocenters. The van der Waals surface area contributed by atoms with Crippen LogP contribution in [0.15, 0.2) is 0 Å². The average Bonchev–Trinajstić information content (AvgIpc) is 1.21. The molecule has 0 aromatic rings. The zero-order valence-corrected chi connectivity index (χ0v) is 6.37. The Labute approximate surface area is 50.2 Å². The van der Waals surface area contributed by atoms with Crippen molar-refractivity contribution in [2.24, 2.45) is 0 Å². The molecular formula is C5H11O2P. The van der Waals surface area contributed by atoms with Crippen LogP contribution in [0.2, 0.25) is 0 Å². The van der Waals surface area contributed by atoms with Crippen molar-refractivity contribution in [3.63, 3.8) is 0 Å². The molecule has 0 aliphatic heterocycles. The van der Waals surface area contributed by atoms with Crippen molar-refractivity contribution >= 4 is 13.2 Å². The lowest BCUT2D eigenvalue weighted by atomic mass is 10.8. The normalized spacial score (nSPS) is 11.4. The van der Waals surface area contributed by atoms with Crippen molar-refractivity contribution in [2.75, 3.05) is 26.2 Å². The van der Waals surface area contributed by atoms with E-state index in [2.05, 4.69) is 0 Å². The van der Waals surface area contributed by atoms with Crippen molar-refractivity contribution in [2.45, 2.75) is 0 Å². The van der Waals surface area contributed by atoms with Crippen LogP contribution in [0.25, 0.3) is 0 Å². The standard InChI is InChI=1S/C5H11O2P/c1-8(2,3)4-5(6)7/h4H2,1-3H3. The van der Waals surface area contributed by atoms with Gasteiger partial charge in [-0.2, -0.15) is 0 Å². The summed E-state index contributed by atoms with van der Waals surface area (Å²) in [6.45, 7) is 5.92. The quantitative estimate of drug-likeness (QED) is 0.484. The second kappa shape index (κ2) is 2.45. The van der Waals surface area contributed by atoms with Crippen molar-refractivity contribution in [1.29, 1.82) is 0 Å². The molecule has 0 aromatic heterocycles. The fourth-order valence-corrected chi connectivity index (χ4v) is 1.16. The molecule has 0 unspecified atom stereocenters. The molecule has 0 rings (SSSR count). The first kappa shape index (κ1) is 7.90. The molecule has 0 saturated heterocycles. The van der Waals surface area contributed by atoms with Crippen LogP contribution in [0.4, 0.5) is 0 Å². The van der Waals surface area contributed by atoms with Gasteiger partial charge in [-0.25, -0.2) is 0 Å². The van der Waals surface area contributed by atoms with Gasteiger partial charge in [0.2, 0.25) is 0 Å². The minimum Gasteiger partial charge on any atom is -0.546 e. The molecule has 0 N–H and O–H groups in total. The van der Waals surface area contributed by atoms with Crippen molar-refractivity contribution in [1.82, 2.24) is 0 Å². The SMILES string of the molecule is C[P+](C)(C)CC(=O)[O-]. The lowest BCUT2D eigenvalue weighted by Gasteiger charge is -2.10. The number of carboxylic acid groups (broad SMARTS) is 1. The van der Waals surface area contributed by atoms with Gasteiger partial charge in [0.15, 0.2) is 0 Å². The Hall–Kier alpha value is -0.100. The predicted molar refractivity (Wildman–Crippen MR) is 34.6 cm³/mol. The monoisotopic (exact) mass is 134 g/mol. The number of hydrogen-bond acceptors (Lipinski definition) is 2. The summed E-state index contributed by atoms with van der Waals surface area (Å²) in [6.07, 6.45) is 0.243. The Morgan fingerprint density at radius 2 is 1.88 bits per heavy atom. The highest BCUT2D eigenvalue weighted by atomic mass is 31.2. The molecule has 0 spiro atoms. The summed E-state index contributed by atoms with van der Waals surface area (Å²) < 4.78 is 0. The van der Waals surface area contributed by atoms with E-state index in [4.69, 9.17) is 0 Å². The number of hydrogen-bond donors (Lipinski definition) is 0. The largest absolute Gasteiger partial charge is 0.546 e. The lowest BCUT2D eigenvalue weighted by Crippen LogP contribution is -2.26. The van der Waals surface area contributed by atoms with Gasteiger partial charge < -0.3 is 9.90 Å². The van der Waals surface area contributed by atoms with Crippen LogP contribution in [-0.2, 0) is 4.79 Å². The van der Waals surface area contributed by atoms with Gasteiger partial charge in [0.25, 0.3) is 0 Å². The van der Waals surface area contributed by atoms with Gasteiger partial charge in [0.05, 0.1) is 12.1 Å². The summed E-state index contributed by atoms with van der Waals surface area (Å²) in [4.78, 5) is 9.93. The Bertz CT molecular complexity index is 93.1. The summed E-state index contributed by atoms with van der Waals surface area (Å²) in [7, 11) is -1.13. The van der Waals surface area contributed by atoms with E-state index >= 15 is 0 Å². The molecular weight excluding hydrogens is 123 g/mol. The molecule has 0 bridgehead atoms. The third-order valence-electron chi connectivity index (χ3n) is 0.603. The van der Waals surface area contributed by atoms with E-state index in [9.17, 15) is 9.90 Å². The molecule has 0 aromatic carbocycles. The Morgan fingerprint density at radius 3 is 1.88 bits per heavy atom. The van der Waals surface area contributed by atoms with Crippen molar-refractivity contribution < 1.29 is 9.90 Å². The summed E-state index contributed by atoms with van der Waals surface area (Å²) in [5, 5.41) is 9.93. The van der Waals surface area contributed by atoms with E-state index in [1.165, 1.54) is 0 Å². The molecule has 0 radical (unpaired) electrons. The van der Waals surface area contributed by atoms with Crippen LogP contribution in [-0.4, -0.2) is 32.1 Å². The molecule has 0 aliphatic rings. The van der Waals surface area contributed by atoms with Crippen LogP contribution < -0.4 is 5.11 Å². The highest BCUT2D eigenvalue weighted by Crippen LogP contribution is 2.45. The fraction of sp³-hybridized carbons (Fsp3) is 0.800. The molecule has 48 valence electrons. The van der Waals surface area contributed by atoms with Crippen LogP contribution >= 0.6 is 7.26 Å². The predicted octanol–water partition coefficient (Wildman–Crippen LogP) is -0.357. The van der Waals surface area contributed by atoms with Gasteiger partial charge in [-0.05, 0) is 0 Å². The smallest absolute Gasteiger partial charge is 0.0978 e. The first-order valence-corrected chi connectivity index (χ1v) is 5.74. The highest BCUT2D eigenvalue weighted by molar-refractivity contribution is 7.74. The maximum Gasteiger partial charge on any atom is 0.0978 e. The number of aliphatic carboxylic acids is 1. The molecule has 0 aliphatic carbocycles. The first-order chi connectivity index (χ1) is 3.42. The van der Waals surface area contributed by atoms with Gasteiger partial charge in [-0.1, -0.05) is 0 Å². The molecule has 0 fully saturated rings. The molecule has 2 nitrogen and oxygen atoms in total. The maximum atomic E-state index is 9.93. The molecule has 8 heavy (non-hydrogen) atoms. The van der Waals surface area contributed by atoms with E-state index in [-0.39, 0.29) is 6.16 Å². The van der Waals surface area contributed by atoms with Crippen LogP contribution in [0, 0.1) is 0 Å². The van der Waals surface area contributed by atoms with Crippen LogP contribution in [0.5, 0.6) is 0 Å². The number of carboxylic acids is 1. The van der Waals surface area contributed by atoms with E-state index in [1.54, 1.807) is 0 Å². The van der Waals surface area contributed by atoms with Crippen LogP contribution in [0.3, 0.4) is 0 Å². The van der Waals surface area contributed by atoms with Crippen LogP contribution in [0.1, 0.15) is 0 Å². The van der Waals surface area contributed by atoms with E-state index < -0.39 is 13.2 Å². The van der Waals surface area contributed by atoms with E-state index in [0.717, 1.165) is 0 Å². The van der Waals surface area contributed by atoms with E-state index in [1.807, 2.05) is 20.0 Å². The lowest BCUT2D eigenvalue weighted by molar-refractivity contribution is -0.301. The fourth-order valence-electron chi connectivity index (χ4n) is 0.387. The molecule has 0 saturated carbocycles.